The minimum absolute atomic E-state index is 0.753. The maximum absolute atomic E-state index is 4.36. The number of thiazole rings is 1. The molecule has 0 amide bonds. The van der Waals surface area contributed by atoms with Crippen molar-refractivity contribution in [1.82, 2.24) is 4.98 Å². The molecule has 1 saturated carbocycles. The van der Waals surface area contributed by atoms with Gasteiger partial charge in [-0.15, -0.1) is 11.3 Å². The molecule has 4 heteroatoms. The third kappa shape index (κ3) is 2.05. The number of halogens is 1. The molecule has 1 aromatic heterocycles. The summed E-state index contributed by atoms with van der Waals surface area (Å²) in [6.07, 6.45) is 5.95. The van der Waals surface area contributed by atoms with Crippen molar-refractivity contribution in [3.05, 3.63) is 11.6 Å². The van der Waals surface area contributed by atoms with Crippen LogP contribution in [-0.2, 0) is 0 Å². The highest BCUT2D eigenvalue weighted by Crippen LogP contribution is 2.30. The predicted molar refractivity (Wildman–Crippen MR) is 60.9 cm³/mol. The van der Waals surface area contributed by atoms with Crippen molar-refractivity contribution in [1.29, 1.82) is 0 Å². The summed E-state index contributed by atoms with van der Waals surface area (Å²) in [5, 5.41) is 4.27. The maximum Gasteiger partial charge on any atom is 0.185 e. The Labute approximate surface area is 91.1 Å². The molecular formula is C9H13BrN2S. The molecule has 0 N–H and O–H groups in total. The van der Waals surface area contributed by atoms with Crippen LogP contribution in [0.25, 0.3) is 0 Å². The SMILES string of the molecule is BrCCN(c1nccs1)C1CCC1. The van der Waals surface area contributed by atoms with Crippen LogP contribution < -0.4 is 4.90 Å². The average molecular weight is 261 g/mol. The van der Waals surface area contributed by atoms with E-state index in [1.54, 1.807) is 11.3 Å². The van der Waals surface area contributed by atoms with Gasteiger partial charge in [-0.2, -0.15) is 0 Å². The van der Waals surface area contributed by atoms with Gasteiger partial charge < -0.3 is 4.90 Å². The van der Waals surface area contributed by atoms with Gasteiger partial charge in [0.2, 0.25) is 0 Å². The summed E-state index contributed by atoms with van der Waals surface area (Å²) < 4.78 is 0. The monoisotopic (exact) mass is 260 g/mol. The van der Waals surface area contributed by atoms with Crippen molar-refractivity contribution in [3.63, 3.8) is 0 Å². The minimum Gasteiger partial charge on any atom is -0.344 e. The number of hydrogen-bond donors (Lipinski definition) is 0. The third-order valence-corrected chi connectivity index (χ3v) is 3.67. The fourth-order valence-electron chi connectivity index (χ4n) is 1.58. The summed E-state index contributed by atoms with van der Waals surface area (Å²) in [6, 6.07) is 0.753. The Morgan fingerprint density at radius 2 is 2.46 bits per heavy atom. The summed E-state index contributed by atoms with van der Waals surface area (Å²) in [5.41, 5.74) is 0. The average Bonchev–Trinajstić information content (AvgIpc) is 2.51. The van der Waals surface area contributed by atoms with Crippen molar-refractivity contribution in [2.45, 2.75) is 25.3 Å². The molecule has 0 aromatic carbocycles. The Balaban J connectivity index is 2.04. The molecule has 0 aliphatic heterocycles. The maximum atomic E-state index is 4.36. The van der Waals surface area contributed by atoms with Gasteiger partial charge in [0.05, 0.1) is 0 Å². The van der Waals surface area contributed by atoms with Crippen molar-refractivity contribution in [2.24, 2.45) is 0 Å². The summed E-state index contributed by atoms with van der Waals surface area (Å²) in [6.45, 7) is 1.08. The second-order valence-corrected chi connectivity index (χ2v) is 4.95. The Hall–Kier alpha value is -0.0900. The van der Waals surface area contributed by atoms with Gasteiger partial charge in [-0.25, -0.2) is 4.98 Å². The molecule has 0 radical (unpaired) electrons. The first kappa shape index (κ1) is 9.46. The fourth-order valence-corrected chi connectivity index (χ4v) is 2.70. The van der Waals surface area contributed by atoms with Gasteiger partial charge >= 0.3 is 0 Å². The van der Waals surface area contributed by atoms with E-state index in [1.807, 2.05) is 6.20 Å². The predicted octanol–water partition coefficient (Wildman–Crippen LogP) is 2.90. The van der Waals surface area contributed by atoms with E-state index in [4.69, 9.17) is 0 Å². The van der Waals surface area contributed by atoms with Crippen LogP contribution in [-0.4, -0.2) is 22.9 Å². The van der Waals surface area contributed by atoms with E-state index in [1.165, 1.54) is 24.4 Å². The highest BCUT2D eigenvalue weighted by Gasteiger charge is 2.25. The van der Waals surface area contributed by atoms with E-state index in [2.05, 4.69) is 31.2 Å². The van der Waals surface area contributed by atoms with Crippen LogP contribution in [0.1, 0.15) is 19.3 Å². The standard InChI is InChI=1S/C9H13BrN2S/c10-4-6-12(8-2-1-3-8)9-11-5-7-13-9/h5,7-8H,1-4,6H2. The van der Waals surface area contributed by atoms with Crippen LogP contribution in [0.5, 0.6) is 0 Å². The lowest BCUT2D eigenvalue weighted by molar-refractivity contribution is 0.391. The van der Waals surface area contributed by atoms with E-state index >= 15 is 0 Å². The molecule has 0 unspecified atom stereocenters. The molecule has 13 heavy (non-hydrogen) atoms. The fraction of sp³-hybridized carbons (Fsp3) is 0.667. The minimum atomic E-state index is 0.753. The van der Waals surface area contributed by atoms with Crippen LogP contribution in [0.15, 0.2) is 11.6 Å². The lowest BCUT2D eigenvalue weighted by Crippen LogP contribution is -2.41. The van der Waals surface area contributed by atoms with Crippen LogP contribution >= 0.6 is 27.3 Å². The summed E-state index contributed by atoms with van der Waals surface area (Å²) in [7, 11) is 0. The number of anilines is 1. The Morgan fingerprint density at radius 3 is 2.92 bits per heavy atom. The van der Waals surface area contributed by atoms with Crippen LogP contribution in [0.4, 0.5) is 5.13 Å². The molecule has 0 atom stereocenters. The molecule has 1 heterocycles. The van der Waals surface area contributed by atoms with Crippen molar-refractivity contribution >= 4 is 32.4 Å². The smallest absolute Gasteiger partial charge is 0.185 e. The normalized spacial score (nSPS) is 17.0. The van der Waals surface area contributed by atoms with Gasteiger partial charge in [0.15, 0.2) is 5.13 Å². The van der Waals surface area contributed by atoms with Gasteiger partial charge in [-0.3, -0.25) is 0 Å². The lowest BCUT2D eigenvalue weighted by atomic mass is 9.92. The summed E-state index contributed by atoms with van der Waals surface area (Å²) in [5.74, 6) is 0. The number of aromatic nitrogens is 1. The first-order valence-electron chi connectivity index (χ1n) is 4.64. The molecule has 0 saturated heterocycles. The first-order chi connectivity index (χ1) is 6.42. The number of rotatable bonds is 4. The second-order valence-electron chi connectivity index (χ2n) is 3.28. The molecule has 1 fully saturated rings. The van der Waals surface area contributed by atoms with Gasteiger partial charge in [0, 0.05) is 29.5 Å². The summed E-state index contributed by atoms with van der Waals surface area (Å²) >= 11 is 5.23. The molecule has 2 rings (SSSR count). The molecular weight excluding hydrogens is 248 g/mol. The first-order valence-corrected chi connectivity index (χ1v) is 6.64. The van der Waals surface area contributed by atoms with E-state index in [0.717, 1.165) is 17.9 Å². The van der Waals surface area contributed by atoms with Crippen molar-refractivity contribution in [3.8, 4) is 0 Å². The zero-order valence-corrected chi connectivity index (χ0v) is 9.85. The Kier molecular flexibility index (Phi) is 3.22. The molecule has 72 valence electrons. The van der Waals surface area contributed by atoms with Crippen LogP contribution in [0.3, 0.4) is 0 Å². The van der Waals surface area contributed by atoms with E-state index in [9.17, 15) is 0 Å². The van der Waals surface area contributed by atoms with Gasteiger partial charge in [0.25, 0.3) is 0 Å². The molecule has 1 aliphatic carbocycles. The zero-order valence-electron chi connectivity index (χ0n) is 7.45. The Bertz CT molecular complexity index is 246. The van der Waals surface area contributed by atoms with Crippen LogP contribution in [0, 0.1) is 0 Å². The Morgan fingerprint density at radius 1 is 1.62 bits per heavy atom. The van der Waals surface area contributed by atoms with Crippen molar-refractivity contribution in [2.75, 3.05) is 16.8 Å². The topological polar surface area (TPSA) is 16.1 Å². The molecule has 2 nitrogen and oxygen atoms in total. The number of hydrogen-bond acceptors (Lipinski definition) is 3. The van der Waals surface area contributed by atoms with Crippen LogP contribution in [0.2, 0.25) is 0 Å². The third-order valence-electron chi connectivity index (χ3n) is 2.51. The molecule has 1 aromatic rings. The summed E-state index contributed by atoms with van der Waals surface area (Å²) in [4.78, 5) is 6.80. The largest absolute Gasteiger partial charge is 0.344 e. The molecule has 0 bridgehead atoms. The molecule has 0 spiro atoms. The second kappa shape index (κ2) is 4.42. The quantitative estimate of drug-likeness (QED) is 0.775. The lowest BCUT2D eigenvalue weighted by Gasteiger charge is -2.37. The highest BCUT2D eigenvalue weighted by molar-refractivity contribution is 9.09. The van der Waals surface area contributed by atoms with E-state index in [-0.39, 0.29) is 0 Å². The van der Waals surface area contributed by atoms with Gasteiger partial charge in [-0.05, 0) is 19.3 Å². The van der Waals surface area contributed by atoms with Gasteiger partial charge in [-0.1, -0.05) is 15.9 Å². The van der Waals surface area contributed by atoms with Gasteiger partial charge in [0.1, 0.15) is 0 Å². The molecule has 1 aliphatic rings. The van der Waals surface area contributed by atoms with E-state index in [0.29, 0.717) is 0 Å². The highest BCUT2D eigenvalue weighted by atomic mass is 79.9. The van der Waals surface area contributed by atoms with Crippen molar-refractivity contribution < 1.29 is 0 Å². The zero-order chi connectivity index (χ0) is 9.10. The number of nitrogens with zero attached hydrogens (tertiary/aromatic N) is 2. The van der Waals surface area contributed by atoms with E-state index < -0.39 is 0 Å². The number of alkyl halides is 1.